The van der Waals surface area contributed by atoms with Gasteiger partial charge in [0.25, 0.3) is 0 Å². The summed E-state index contributed by atoms with van der Waals surface area (Å²) in [5.41, 5.74) is 3.05. The van der Waals surface area contributed by atoms with Crippen LogP contribution in [-0.2, 0) is 4.79 Å². The van der Waals surface area contributed by atoms with Gasteiger partial charge in [0.15, 0.2) is 5.69 Å². The Morgan fingerprint density at radius 1 is 1.32 bits per heavy atom. The highest BCUT2D eigenvalue weighted by atomic mass is 16.4. The van der Waals surface area contributed by atoms with E-state index in [4.69, 9.17) is 5.11 Å². The predicted octanol–water partition coefficient (Wildman–Crippen LogP) is 2.28. The fourth-order valence-corrected chi connectivity index (χ4v) is 2.63. The summed E-state index contributed by atoms with van der Waals surface area (Å²) in [5.74, 6) is -0.964. The number of aromatic nitrogens is 2. The molecule has 1 aromatic carbocycles. The van der Waals surface area contributed by atoms with Gasteiger partial charge in [-0.25, -0.2) is 9.78 Å². The second-order valence-corrected chi connectivity index (χ2v) is 5.24. The maximum absolute atomic E-state index is 11.8. The number of rotatable bonds is 3. The number of benzene rings is 1. The topological polar surface area (TPSA) is 83.4 Å². The van der Waals surface area contributed by atoms with Crippen LogP contribution in [0.1, 0.15) is 28.9 Å². The largest absolute Gasteiger partial charge is 0.476 e. The second-order valence-electron chi connectivity index (χ2n) is 5.24. The van der Waals surface area contributed by atoms with Crippen molar-refractivity contribution in [3.63, 3.8) is 0 Å². The van der Waals surface area contributed by atoms with Crippen LogP contribution in [0.5, 0.6) is 0 Å². The van der Waals surface area contributed by atoms with Crippen molar-refractivity contribution >= 4 is 17.6 Å². The molecule has 0 atom stereocenters. The summed E-state index contributed by atoms with van der Waals surface area (Å²) < 4.78 is 0. The molecule has 0 aliphatic carbocycles. The Hall–Kier alpha value is -2.76. The van der Waals surface area contributed by atoms with E-state index in [2.05, 4.69) is 9.97 Å². The molecule has 1 N–H and O–H groups in total. The first-order valence-electron chi connectivity index (χ1n) is 7.03. The zero-order chi connectivity index (χ0) is 15.7. The quantitative estimate of drug-likeness (QED) is 0.939. The van der Waals surface area contributed by atoms with E-state index in [0.29, 0.717) is 12.1 Å². The average molecular weight is 297 g/mol. The average Bonchev–Trinajstić information content (AvgIpc) is 2.93. The molecular formula is C16H15N3O3. The molecule has 2 aromatic rings. The Kier molecular flexibility index (Phi) is 3.58. The van der Waals surface area contributed by atoms with Crippen LogP contribution in [-0.4, -0.2) is 33.5 Å². The Morgan fingerprint density at radius 2 is 2.14 bits per heavy atom. The van der Waals surface area contributed by atoms with Gasteiger partial charge < -0.3 is 10.0 Å². The lowest BCUT2D eigenvalue weighted by molar-refractivity contribution is -0.117. The van der Waals surface area contributed by atoms with Crippen molar-refractivity contribution in [3.8, 4) is 11.3 Å². The van der Waals surface area contributed by atoms with Gasteiger partial charge >= 0.3 is 5.97 Å². The normalized spacial score (nSPS) is 14.4. The molecule has 1 fully saturated rings. The lowest BCUT2D eigenvalue weighted by Gasteiger charge is -2.18. The first kappa shape index (κ1) is 14.2. The van der Waals surface area contributed by atoms with E-state index in [1.54, 1.807) is 4.90 Å². The molecule has 22 heavy (non-hydrogen) atoms. The van der Waals surface area contributed by atoms with Gasteiger partial charge in [-0.2, -0.15) is 0 Å². The maximum atomic E-state index is 11.8. The first-order valence-corrected chi connectivity index (χ1v) is 7.03. The number of nitrogens with zero attached hydrogens (tertiary/aromatic N) is 3. The van der Waals surface area contributed by atoms with Gasteiger partial charge in [-0.1, -0.05) is 6.07 Å². The standard InChI is InChI=1S/C16H15N3O3/c1-10-7-11(12-8-17-9-13(18-12)16(21)22)4-5-14(10)19-6-2-3-15(19)20/h4-5,7-9H,2-3,6H2,1H3,(H,21,22). The molecule has 6 nitrogen and oxygen atoms in total. The van der Waals surface area contributed by atoms with Gasteiger partial charge in [0.2, 0.25) is 5.91 Å². The Bertz CT molecular complexity index is 758. The summed E-state index contributed by atoms with van der Waals surface area (Å²) in [6.07, 6.45) is 4.22. The van der Waals surface area contributed by atoms with E-state index in [9.17, 15) is 9.59 Å². The summed E-state index contributed by atoms with van der Waals surface area (Å²) in [6, 6.07) is 5.61. The van der Waals surface area contributed by atoms with Crippen molar-refractivity contribution < 1.29 is 14.7 Å². The number of anilines is 1. The number of carboxylic acids is 1. The number of hydrogen-bond donors (Lipinski definition) is 1. The number of carbonyl (C=O) groups excluding carboxylic acids is 1. The molecule has 0 saturated carbocycles. The SMILES string of the molecule is Cc1cc(-c2cncc(C(=O)O)n2)ccc1N1CCCC1=O. The number of amides is 1. The van der Waals surface area contributed by atoms with Crippen LogP contribution in [0.15, 0.2) is 30.6 Å². The summed E-state index contributed by atoms with van der Waals surface area (Å²) in [7, 11) is 0. The molecule has 1 amide bonds. The highest BCUT2D eigenvalue weighted by molar-refractivity contribution is 5.96. The van der Waals surface area contributed by atoms with Gasteiger partial charge in [0.1, 0.15) is 0 Å². The fourth-order valence-electron chi connectivity index (χ4n) is 2.63. The summed E-state index contributed by atoms with van der Waals surface area (Å²) in [5, 5.41) is 8.98. The lowest BCUT2D eigenvalue weighted by atomic mass is 10.1. The van der Waals surface area contributed by atoms with Crippen LogP contribution in [0, 0.1) is 6.92 Å². The monoisotopic (exact) mass is 297 g/mol. The Morgan fingerprint density at radius 3 is 2.77 bits per heavy atom. The third kappa shape index (κ3) is 2.55. The molecular weight excluding hydrogens is 282 g/mol. The van der Waals surface area contributed by atoms with Crippen molar-refractivity contribution in [3.05, 3.63) is 41.9 Å². The molecule has 2 heterocycles. The summed E-state index contributed by atoms with van der Waals surface area (Å²) in [6.45, 7) is 2.67. The van der Waals surface area contributed by atoms with Crippen LogP contribution in [0.25, 0.3) is 11.3 Å². The molecule has 0 spiro atoms. The number of carboxylic acid groups (broad SMARTS) is 1. The van der Waals surface area contributed by atoms with Crippen LogP contribution >= 0.6 is 0 Å². The van der Waals surface area contributed by atoms with Crippen molar-refractivity contribution in [1.29, 1.82) is 0 Å². The van der Waals surface area contributed by atoms with E-state index in [1.165, 1.54) is 12.4 Å². The van der Waals surface area contributed by atoms with E-state index >= 15 is 0 Å². The summed E-state index contributed by atoms with van der Waals surface area (Å²) >= 11 is 0. The zero-order valence-electron chi connectivity index (χ0n) is 12.1. The molecule has 1 aliphatic heterocycles. The minimum absolute atomic E-state index is 0.0889. The van der Waals surface area contributed by atoms with E-state index in [1.807, 2.05) is 25.1 Å². The van der Waals surface area contributed by atoms with Crippen LogP contribution < -0.4 is 4.90 Å². The minimum Gasteiger partial charge on any atom is -0.476 e. The number of aryl methyl sites for hydroxylation is 1. The van der Waals surface area contributed by atoms with Crippen molar-refractivity contribution in [2.75, 3.05) is 11.4 Å². The molecule has 1 aliphatic rings. The highest BCUT2D eigenvalue weighted by Gasteiger charge is 2.23. The Balaban J connectivity index is 1.96. The molecule has 0 radical (unpaired) electrons. The first-order chi connectivity index (χ1) is 10.6. The maximum Gasteiger partial charge on any atom is 0.356 e. The minimum atomic E-state index is -1.11. The Labute approximate surface area is 127 Å². The molecule has 0 bridgehead atoms. The van der Waals surface area contributed by atoms with Crippen molar-refractivity contribution in [2.45, 2.75) is 19.8 Å². The third-order valence-corrected chi connectivity index (χ3v) is 3.71. The smallest absolute Gasteiger partial charge is 0.356 e. The fraction of sp³-hybridized carbons (Fsp3) is 0.250. The highest BCUT2D eigenvalue weighted by Crippen LogP contribution is 2.28. The number of hydrogen-bond acceptors (Lipinski definition) is 4. The molecule has 0 unspecified atom stereocenters. The van der Waals surface area contributed by atoms with Crippen LogP contribution in [0.4, 0.5) is 5.69 Å². The second kappa shape index (κ2) is 5.55. The van der Waals surface area contributed by atoms with Gasteiger partial charge in [0, 0.05) is 24.2 Å². The number of carbonyl (C=O) groups is 2. The molecule has 3 rings (SSSR count). The van der Waals surface area contributed by atoms with E-state index < -0.39 is 5.97 Å². The molecule has 6 heteroatoms. The van der Waals surface area contributed by atoms with Gasteiger partial charge in [-0.3, -0.25) is 9.78 Å². The van der Waals surface area contributed by atoms with Gasteiger partial charge in [-0.15, -0.1) is 0 Å². The van der Waals surface area contributed by atoms with Crippen molar-refractivity contribution in [1.82, 2.24) is 9.97 Å². The third-order valence-electron chi connectivity index (χ3n) is 3.71. The zero-order valence-corrected chi connectivity index (χ0v) is 12.1. The predicted molar refractivity (Wildman–Crippen MR) is 80.8 cm³/mol. The lowest BCUT2D eigenvalue weighted by Crippen LogP contribution is -2.24. The summed E-state index contributed by atoms with van der Waals surface area (Å²) in [4.78, 5) is 32.6. The van der Waals surface area contributed by atoms with Crippen LogP contribution in [0.2, 0.25) is 0 Å². The molecule has 1 saturated heterocycles. The molecule has 1 aromatic heterocycles. The van der Waals surface area contributed by atoms with Crippen LogP contribution in [0.3, 0.4) is 0 Å². The van der Waals surface area contributed by atoms with E-state index in [0.717, 1.165) is 29.8 Å². The van der Waals surface area contributed by atoms with E-state index in [-0.39, 0.29) is 11.6 Å². The number of aromatic carboxylic acids is 1. The van der Waals surface area contributed by atoms with Gasteiger partial charge in [-0.05, 0) is 31.0 Å². The molecule has 112 valence electrons. The van der Waals surface area contributed by atoms with Crippen molar-refractivity contribution in [2.24, 2.45) is 0 Å². The van der Waals surface area contributed by atoms with Gasteiger partial charge in [0.05, 0.1) is 18.1 Å².